The Bertz CT molecular complexity index is 841. The number of quaternary nitrogens is 1. The van der Waals surface area contributed by atoms with E-state index in [2.05, 4.69) is 6.07 Å². The normalized spacial score (nSPS) is 15.0. The first-order chi connectivity index (χ1) is 12.7. The van der Waals surface area contributed by atoms with Crippen LogP contribution in [-0.2, 0) is 6.54 Å². The Hall–Kier alpha value is -2.90. The van der Waals surface area contributed by atoms with Crippen LogP contribution in [0.3, 0.4) is 0 Å². The molecule has 26 heavy (non-hydrogen) atoms. The van der Waals surface area contributed by atoms with Crippen LogP contribution in [0.2, 0.25) is 0 Å². The van der Waals surface area contributed by atoms with Gasteiger partial charge in [-0.1, -0.05) is 18.2 Å². The summed E-state index contributed by atoms with van der Waals surface area (Å²) >= 11 is 0. The van der Waals surface area contributed by atoms with Crippen molar-refractivity contribution >= 4 is 11.9 Å². The Morgan fingerprint density at radius 1 is 1.12 bits per heavy atom. The molecule has 0 aliphatic carbocycles. The molecule has 0 saturated carbocycles. The number of ketones is 1. The number of phenols is 1. The zero-order chi connectivity index (χ0) is 18.4. The molecule has 4 heteroatoms. The molecule has 0 unspecified atom stereocenters. The zero-order valence-corrected chi connectivity index (χ0v) is 14.7. The highest BCUT2D eigenvalue weighted by Gasteiger charge is 2.17. The minimum absolute atomic E-state index is 0.0933. The number of carbonyl (C=O) groups is 1. The number of aromatic hydroxyl groups is 1. The molecule has 0 bridgehead atoms. The smallest absolute Gasteiger partial charge is 0.185 e. The molecule has 0 spiro atoms. The minimum Gasteiger partial charge on any atom is -0.507 e. The Morgan fingerprint density at radius 2 is 1.85 bits per heavy atom. The molecule has 3 rings (SSSR count). The quantitative estimate of drug-likeness (QED) is 0.646. The molecule has 1 aliphatic heterocycles. The van der Waals surface area contributed by atoms with Gasteiger partial charge in [0, 0.05) is 11.1 Å². The van der Waals surface area contributed by atoms with Crippen LogP contribution in [-0.4, -0.2) is 24.0 Å². The highest BCUT2D eigenvalue weighted by molar-refractivity contribution is 6.07. The molecule has 0 radical (unpaired) electrons. The number of benzene rings is 2. The van der Waals surface area contributed by atoms with Gasteiger partial charge in [-0.05, 0) is 61.2 Å². The molecule has 2 aromatic rings. The predicted octanol–water partition coefficient (Wildman–Crippen LogP) is 2.73. The Morgan fingerprint density at radius 3 is 2.54 bits per heavy atom. The summed E-state index contributed by atoms with van der Waals surface area (Å²) in [5, 5.41) is 19.0. The van der Waals surface area contributed by atoms with Gasteiger partial charge >= 0.3 is 0 Å². The van der Waals surface area contributed by atoms with E-state index in [0.29, 0.717) is 11.1 Å². The first-order valence-electron chi connectivity index (χ1n) is 9.04. The third kappa shape index (κ3) is 4.59. The fraction of sp³-hybridized carbons (Fsp3) is 0.273. The lowest BCUT2D eigenvalue weighted by Crippen LogP contribution is -3.11. The van der Waals surface area contributed by atoms with E-state index in [9.17, 15) is 9.90 Å². The van der Waals surface area contributed by atoms with E-state index < -0.39 is 0 Å². The van der Waals surface area contributed by atoms with Gasteiger partial charge in [0.2, 0.25) is 0 Å². The van der Waals surface area contributed by atoms with E-state index in [0.717, 1.165) is 30.8 Å². The molecule has 1 fully saturated rings. The van der Waals surface area contributed by atoms with Crippen molar-refractivity contribution in [1.29, 1.82) is 5.26 Å². The molecule has 4 nitrogen and oxygen atoms in total. The average Bonchev–Trinajstić information content (AvgIpc) is 2.69. The van der Waals surface area contributed by atoms with Crippen molar-refractivity contribution in [1.82, 2.24) is 0 Å². The summed E-state index contributed by atoms with van der Waals surface area (Å²) in [4.78, 5) is 13.9. The van der Waals surface area contributed by atoms with Gasteiger partial charge in [-0.25, -0.2) is 0 Å². The number of nitriles is 1. The van der Waals surface area contributed by atoms with E-state index in [1.807, 2.05) is 18.2 Å². The minimum atomic E-state index is -0.0933. The van der Waals surface area contributed by atoms with Gasteiger partial charge in [-0.15, -0.1) is 0 Å². The molecule has 1 aliphatic rings. The number of hydrogen-bond acceptors (Lipinski definition) is 3. The van der Waals surface area contributed by atoms with Crippen LogP contribution in [0.5, 0.6) is 5.75 Å². The van der Waals surface area contributed by atoms with Crippen molar-refractivity contribution in [2.75, 3.05) is 13.1 Å². The van der Waals surface area contributed by atoms with Gasteiger partial charge in [0.25, 0.3) is 0 Å². The molecule has 0 amide bonds. The monoisotopic (exact) mass is 347 g/mol. The molecule has 132 valence electrons. The number of rotatable bonds is 5. The lowest BCUT2D eigenvalue weighted by molar-refractivity contribution is -0.918. The highest BCUT2D eigenvalue weighted by atomic mass is 16.3. The van der Waals surface area contributed by atoms with E-state index in [-0.39, 0.29) is 11.5 Å². The van der Waals surface area contributed by atoms with Crippen LogP contribution in [0, 0.1) is 11.3 Å². The number of hydrogen-bond donors (Lipinski definition) is 2. The van der Waals surface area contributed by atoms with Crippen LogP contribution < -0.4 is 4.90 Å². The summed E-state index contributed by atoms with van der Waals surface area (Å²) in [5.74, 6) is 0.167. The molecule has 2 aromatic carbocycles. The first-order valence-corrected chi connectivity index (χ1v) is 9.04. The second kappa shape index (κ2) is 8.46. The van der Waals surface area contributed by atoms with Gasteiger partial charge in [-0.3, -0.25) is 4.79 Å². The SMILES string of the molecule is N#Cc1ccc(/C=C/C(=O)c2ccc(O)c(C[NH+]3CCCCC3)c2)cc1. The number of piperidine rings is 1. The van der Waals surface area contributed by atoms with E-state index in [1.165, 1.54) is 30.2 Å². The third-order valence-corrected chi connectivity index (χ3v) is 4.83. The maximum Gasteiger partial charge on any atom is 0.185 e. The summed E-state index contributed by atoms with van der Waals surface area (Å²) in [6.07, 6.45) is 7.01. The van der Waals surface area contributed by atoms with Crippen LogP contribution in [0.4, 0.5) is 0 Å². The maximum absolute atomic E-state index is 12.5. The highest BCUT2D eigenvalue weighted by Crippen LogP contribution is 2.19. The van der Waals surface area contributed by atoms with Crippen LogP contribution in [0.25, 0.3) is 6.08 Å². The van der Waals surface area contributed by atoms with Gasteiger partial charge in [0.1, 0.15) is 12.3 Å². The van der Waals surface area contributed by atoms with Crippen LogP contribution in [0.15, 0.2) is 48.5 Å². The van der Waals surface area contributed by atoms with Crippen molar-refractivity contribution in [2.24, 2.45) is 0 Å². The Balaban J connectivity index is 1.71. The number of carbonyl (C=O) groups excluding carboxylic acids is 1. The predicted molar refractivity (Wildman–Crippen MR) is 101 cm³/mol. The molecule has 2 N–H and O–H groups in total. The van der Waals surface area contributed by atoms with Crippen molar-refractivity contribution in [3.05, 3.63) is 70.8 Å². The molecular weight excluding hydrogens is 324 g/mol. The molecule has 1 saturated heterocycles. The summed E-state index contributed by atoms with van der Waals surface area (Å²) in [6.45, 7) is 3.00. The number of nitrogens with zero attached hydrogens (tertiary/aromatic N) is 1. The lowest BCUT2D eigenvalue weighted by atomic mass is 10.0. The topological polar surface area (TPSA) is 65.5 Å². The maximum atomic E-state index is 12.5. The summed E-state index contributed by atoms with van der Waals surface area (Å²) in [7, 11) is 0. The van der Waals surface area contributed by atoms with Gasteiger partial charge in [0.05, 0.1) is 24.7 Å². The van der Waals surface area contributed by atoms with E-state index in [1.54, 1.807) is 30.3 Å². The number of likely N-dealkylation sites (tertiary alicyclic amines) is 1. The standard InChI is InChI=1S/C22H22N2O2/c23-15-18-6-4-17(5-7-18)8-10-21(25)19-9-11-22(26)20(14-19)16-24-12-2-1-3-13-24/h4-11,14,26H,1-3,12-13,16H2/p+1/b10-8+. The Kier molecular flexibility index (Phi) is 5.83. The number of allylic oxidation sites excluding steroid dienone is 1. The Labute approximate surface area is 154 Å². The fourth-order valence-corrected chi connectivity index (χ4v) is 3.32. The van der Waals surface area contributed by atoms with Crippen LogP contribution in [0.1, 0.15) is 46.3 Å². The molecule has 1 heterocycles. The van der Waals surface area contributed by atoms with Gasteiger partial charge in [0.15, 0.2) is 5.78 Å². The largest absolute Gasteiger partial charge is 0.507 e. The van der Waals surface area contributed by atoms with E-state index >= 15 is 0 Å². The summed E-state index contributed by atoms with van der Waals surface area (Å²) in [5.41, 5.74) is 2.88. The van der Waals surface area contributed by atoms with Gasteiger partial charge in [-0.2, -0.15) is 5.26 Å². The lowest BCUT2D eigenvalue weighted by Gasteiger charge is -2.23. The first kappa shape index (κ1) is 17.9. The zero-order valence-electron chi connectivity index (χ0n) is 14.7. The molecule has 0 aromatic heterocycles. The van der Waals surface area contributed by atoms with Gasteiger partial charge < -0.3 is 10.0 Å². The second-order valence-corrected chi connectivity index (χ2v) is 6.76. The third-order valence-electron chi connectivity index (χ3n) is 4.83. The van der Waals surface area contributed by atoms with Crippen LogP contribution >= 0.6 is 0 Å². The van der Waals surface area contributed by atoms with Crippen molar-refractivity contribution in [3.8, 4) is 11.8 Å². The summed E-state index contributed by atoms with van der Waals surface area (Å²) < 4.78 is 0. The summed E-state index contributed by atoms with van der Waals surface area (Å²) in [6, 6.07) is 14.2. The fourth-order valence-electron chi connectivity index (χ4n) is 3.32. The molecular formula is C22H23N2O2+. The number of phenolic OH excluding ortho intramolecular Hbond substituents is 1. The van der Waals surface area contributed by atoms with E-state index in [4.69, 9.17) is 5.26 Å². The number of nitrogens with one attached hydrogen (secondary N) is 1. The second-order valence-electron chi connectivity index (χ2n) is 6.76. The van der Waals surface area contributed by atoms with Crippen molar-refractivity contribution < 1.29 is 14.8 Å². The van der Waals surface area contributed by atoms with Crippen molar-refractivity contribution in [2.45, 2.75) is 25.8 Å². The van der Waals surface area contributed by atoms with Crippen molar-refractivity contribution in [3.63, 3.8) is 0 Å². The average molecular weight is 347 g/mol. The molecule has 0 atom stereocenters.